The summed E-state index contributed by atoms with van der Waals surface area (Å²) in [5.74, 6) is 0.343. The minimum absolute atomic E-state index is 0.0672. The molecule has 4 fully saturated rings. The lowest BCUT2D eigenvalue weighted by atomic mass is 9.58. The highest BCUT2D eigenvalue weighted by molar-refractivity contribution is 5.97. The normalized spacial score (nSPS) is 34.8. The van der Waals surface area contributed by atoms with Crippen LogP contribution in [-0.4, -0.2) is 50.4 Å². The predicted molar refractivity (Wildman–Crippen MR) is 106 cm³/mol. The number of nitrogens with one attached hydrogen (secondary N) is 2. The number of hydrogen-bond acceptors (Lipinski definition) is 7. The summed E-state index contributed by atoms with van der Waals surface area (Å²) in [6.07, 6.45) is 10.1. The highest BCUT2D eigenvalue weighted by atomic mass is 16.3. The van der Waals surface area contributed by atoms with E-state index in [-0.39, 0.29) is 23.1 Å². The van der Waals surface area contributed by atoms with Crippen LogP contribution < -0.4 is 16.4 Å². The molecule has 0 radical (unpaired) electrons. The fraction of sp³-hybridized carbons (Fsp3) is 0.750. The first-order chi connectivity index (χ1) is 13.4. The average molecular weight is 390 g/mol. The van der Waals surface area contributed by atoms with Crippen LogP contribution in [0.2, 0.25) is 0 Å². The molecule has 2 bridgehead atoms. The van der Waals surface area contributed by atoms with Crippen LogP contribution in [0.4, 0.5) is 11.8 Å². The maximum absolute atomic E-state index is 11.8. The number of carbonyl (C=O) groups excluding carboxylic acids is 1. The number of aliphatic hydroxyl groups is 2. The van der Waals surface area contributed by atoms with Crippen LogP contribution in [0.1, 0.15) is 74.6 Å². The number of primary amides is 1. The summed E-state index contributed by atoms with van der Waals surface area (Å²) in [7, 11) is 0. The van der Waals surface area contributed by atoms with Crippen LogP contribution in [0.15, 0.2) is 6.20 Å². The molecule has 0 aromatic carbocycles. The second kappa shape index (κ2) is 7.48. The Morgan fingerprint density at radius 3 is 2.57 bits per heavy atom. The van der Waals surface area contributed by atoms with E-state index in [1.54, 1.807) is 0 Å². The quantitative estimate of drug-likeness (QED) is 0.501. The fourth-order valence-corrected chi connectivity index (χ4v) is 5.02. The van der Waals surface area contributed by atoms with E-state index in [2.05, 4.69) is 20.6 Å². The van der Waals surface area contributed by atoms with Gasteiger partial charge in [-0.2, -0.15) is 4.98 Å². The van der Waals surface area contributed by atoms with Crippen LogP contribution in [0.3, 0.4) is 0 Å². The number of amides is 1. The molecule has 5 rings (SSSR count). The molecule has 6 N–H and O–H groups in total. The molecule has 4 saturated carbocycles. The lowest BCUT2D eigenvalue weighted by Crippen LogP contribution is -2.48. The highest BCUT2D eigenvalue weighted by Gasteiger charge is 2.47. The Bertz CT molecular complexity index is 716. The monoisotopic (exact) mass is 389 g/mol. The summed E-state index contributed by atoms with van der Waals surface area (Å²) >= 11 is 0. The van der Waals surface area contributed by atoms with E-state index >= 15 is 0 Å². The van der Waals surface area contributed by atoms with Gasteiger partial charge in [-0.1, -0.05) is 0 Å². The van der Waals surface area contributed by atoms with Crippen LogP contribution in [0.25, 0.3) is 0 Å². The van der Waals surface area contributed by atoms with Crippen molar-refractivity contribution in [3.63, 3.8) is 0 Å². The third kappa shape index (κ3) is 4.07. The molecule has 8 nitrogen and oxygen atoms in total. The second-order valence-electron chi connectivity index (χ2n) is 9.06. The van der Waals surface area contributed by atoms with Crippen molar-refractivity contribution in [2.75, 3.05) is 17.2 Å². The Labute approximate surface area is 165 Å². The lowest BCUT2D eigenvalue weighted by Gasteiger charge is -2.51. The molecular formula is C20H31N5O3. The lowest BCUT2D eigenvalue weighted by molar-refractivity contribution is -0.0871. The fourth-order valence-electron chi connectivity index (χ4n) is 5.02. The van der Waals surface area contributed by atoms with Crippen molar-refractivity contribution in [3.05, 3.63) is 11.8 Å². The molecule has 28 heavy (non-hydrogen) atoms. The average Bonchev–Trinajstić information content (AvgIpc) is 2.68. The minimum Gasteiger partial charge on any atom is -0.393 e. The second-order valence-corrected chi connectivity index (χ2v) is 9.06. The SMILES string of the molecule is NC(=O)c1cnc(NCC23CCC(O)(CC2)CC3)nc1N[C@@H]1CCC[C@H](O)C1. The zero-order chi connectivity index (χ0) is 19.8. The van der Waals surface area contributed by atoms with Gasteiger partial charge in [0.15, 0.2) is 0 Å². The largest absolute Gasteiger partial charge is 0.393 e. The van der Waals surface area contributed by atoms with Crippen LogP contribution in [-0.2, 0) is 0 Å². The summed E-state index contributed by atoms with van der Waals surface area (Å²) in [4.78, 5) is 20.6. The number of aromatic nitrogens is 2. The van der Waals surface area contributed by atoms with Crippen molar-refractivity contribution in [3.8, 4) is 0 Å². The summed E-state index contributed by atoms with van der Waals surface area (Å²) < 4.78 is 0. The van der Waals surface area contributed by atoms with E-state index in [0.717, 1.165) is 64.3 Å². The third-order valence-electron chi connectivity index (χ3n) is 7.03. The van der Waals surface area contributed by atoms with E-state index < -0.39 is 11.5 Å². The summed E-state index contributed by atoms with van der Waals surface area (Å²) in [6, 6.07) is 0.0672. The number of nitrogens with two attached hydrogens (primary N) is 1. The van der Waals surface area contributed by atoms with Gasteiger partial charge in [0.25, 0.3) is 5.91 Å². The zero-order valence-corrected chi connectivity index (χ0v) is 16.3. The van der Waals surface area contributed by atoms with Gasteiger partial charge in [0.2, 0.25) is 5.95 Å². The van der Waals surface area contributed by atoms with Crippen molar-refractivity contribution in [2.45, 2.75) is 82.0 Å². The molecule has 0 aliphatic heterocycles. The van der Waals surface area contributed by atoms with Gasteiger partial charge in [0.1, 0.15) is 5.82 Å². The summed E-state index contributed by atoms with van der Waals surface area (Å²) in [6.45, 7) is 0.764. The number of fused-ring (bicyclic) bond motifs is 3. The van der Waals surface area contributed by atoms with E-state index in [1.807, 2.05) is 0 Å². The number of hydrogen-bond donors (Lipinski definition) is 5. The van der Waals surface area contributed by atoms with Gasteiger partial charge in [0, 0.05) is 18.8 Å². The molecule has 1 aromatic rings. The highest BCUT2D eigenvalue weighted by Crippen LogP contribution is 2.52. The third-order valence-corrected chi connectivity index (χ3v) is 7.03. The van der Waals surface area contributed by atoms with Crippen LogP contribution >= 0.6 is 0 Å². The van der Waals surface area contributed by atoms with Crippen molar-refractivity contribution in [1.82, 2.24) is 9.97 Å². The molecule has 4 aliphatic carbocycles. The van der Waals surface area contributed by atoms with Gasteiger partial charge in [-0.05, 0) is 69.6 Å². The summed E-state index contributed by atoms with van der Waals surface area (Å²) in [5, 5.41) is 26.9. The van der Waals surface area contributed by atoms with E-state index in [9.17, 15) is 15.0 Å². The number of nitrogens with zero attached hydrogens (tertiary/aromatic N) is 2. The smallest absolute Gasteiger partial charge is 0.254 e. The Morgan fingerprint density at radius 1 is 1.21 bits per heavy atom. The van der Waals surface area contributed by atoms with Crippen molar-refractivity contribution < 1.29 is 15.0 Å². The first-order valence-electron chi connectivity index (χ1n) is 10.4. The van der Waals surface area contributed by atoms with Gasteiger partial charge in [-0.25, -0.2) is 4.98 Å². The Kier molecular flexibility index (Phi) is 5.18. The topological polar surface area (TPSA) is 133 Å². The van der Waals surface area contributed by atoms with Gasteiger partial charge in [-0.15, -0.1) is 0 Å². The Balaban J connectivity index is 1.45. The Hall–Kier alpha value is -1.93. The minimum atomic E-state index is -0.567. The van der Waals surface area contributed by atoms with Crippen molar-refractivity contribution in [1.29, 1.82) is 0 Å². The van der Waals surface area contributed by atoms with E-state index in [0.29, 0.717) is 18.2 Å². The van der Waals surface area contributed by atoms with E-state index in [1.165, 1.54) is 6.20 Å². The number of aliphatic hydroxyl groups excluding tert-OH is 1. The molecule has 0 spiro atoms. The maximum atomic E-state index is 11.8. The maximum Gasteiger partial charge on any atom is 0.254 e. The first-order valence-corrected chi connectivity index (χ1v) is 10.4. The molecule has 154 valence electrons. The molecule has 8 heteroatoms. The standard InChI is InChI=1S/C20H31N5O3/c21-16(27)15-11-22-18(25-17(15)24-13-2-1-3-14(26)10-13)23-12-19-4-7-20(28,8-5-19)9-6-19/h11,13-14,26,28H,1-10,12H2,(H2,21,27)(H2,22,23,24,25)/t13-,14+,19?,20?/m1/s1. The molecule has 1 amide bonds. The molecule has 0 saturated heterocycles. The number of anilines is 2. The van der Waals surface area contributed by atoms with Gasteiger partial charge >= 0.3 is 0 Å². The molecule has 1 aromatic heterocycles. The van der Waals surface area contributed by atoms with Crippen LogP contribution in [0.5, 0.6) is 0 Å². The van der Waals surface area contributed by atoms with Gasteiger partial charge in [-0.3, -0.25) is 4.79 Å². The zero-order valence-electron chi connectivity index (χ0n) is 16.3. The first kappa shape index (κ1) is 19.4. The van der Waals surface area contributed by atoms with Crippen molar-refractivity contribution in [2.24, 2.45) is 11.1 Å². The molecule has 0 unspecified atom stereocenters. The predicted octanol–water partition coefficient (Wildman–Crippen LogP) is 1.79. The number of carbonyl (C=O) groups is 1. The molecule has 1 heterocycles. The van der Waals surface area contributed by atoms with Gasteiger partial charge < -0.3 is 26.6 Å². The van der Waals surface area contributed by atoms with Crippen LogP contribution in [0, 0.1) is 5.41 Å². The van der Waals surface area contributed by atoms with Gasteiger partial charge in [0.05, 0.1) is 17.3 Å². The Morgan fingerprint density at radius 2 is 1.93 bits per heavy atom. The molecule has 4 aliphatic rings. The molecular weight excluding hydrogens is 358 g/mol. The van der Waals surface area contributed by atoms with Crippen molar-refractivity contribution >= 4 is 17.7 Å². The van der Waals surface area contributed by atoms with E-state index in [4.69, 9.17) is 5.73 Å². The molecule has 2 atom stereocenters. The summed E-state index contributed by atoms with van der Waals surface area (Å²) in [5.41, 5.74) is 5.51. The number of rotatable bonds is 6.